The van der Waals surface area contributed by atoms with Gasteiger partial charge in [0.05, 0.1) is 7.11 Å². The van der Waals surface area contributed by atoms with Crippen molar-refractivity contribution in [1.29, 1.82) is 0 Å². The van der Waals surface area contributed by atoms with E-state index in [0.717, 1.165) is 25.8 Å². The maximum absolute atomic E-state index is 11.2. The molecule has 1 rings (SSSR count). The molecule has 1 aromatic rings. The van der Waals surface area contributed by atoms with E-state index in [2.05, 4.69) is 66.5 Å². The molecule has 1 aromatic carbocycles. The van der Waals surface area contributed by atoms with Crippen molar-refractivity contribution in [3.05, 3.63) is 60.2 Å². The highest BCUT2D eigenvalue weighted by atomic mass is 16.5. The molecule has 0 fully saturated rings. The highest BCUT2D eigenvalue weighted by Gasteiger charge is 2.06. The summed E-state index contributed by atoms with van der Waals surface area (Å²) in [6, 6.07) is 10.9. The number of carbonyl (C=O) groups is 1. The van der Waals surface area contributed by atoms with Crippen LogP contribution in [0.4, 0.5) is 0 Å². The number of ether oxygens (including phenoxy) is 1. The first-order valence-corrected chi connectivity index (χ1v) is 15.4. The van der Waals surface area contributed by atoms with E-state index < -0.39 is 0 Å². The lowest BCUT2D eigenvalue weighted by Gasteiger charge is -2.22. The zero-order valence-corrected chi connectivity index (χ0v) is 24.3. The Kier molecular flexibility index (Phi) is 23.1. The van der Waals surface area contributed by atoms with Gasteiger partial charge in [0.1, 0.15) is 0 Å². The average molecular weight is 512 g/mol. The summed E-state index contributed by atoms with van der Waals surface area (Å²) in [5, 5.41) is 0. The van der Waals surface area contributed by atoms with Crippen LogP contribution in [0.2, 0.25) is 0 Å². The van der Waals surface area contributed by atoms with Gasteiger partial charge in [-0.05, 0) is 70.0 Å². The van der Waals surface area contributed by atoms with Gasteiger partial charge in [0.2, 0.25) is 0 Å². The van der Waals surface area contributed by atoms with Crippen LogP contribution in [0.15, 0.2) is 54.6 Å². The zero-order valence-electron chi connectivity index (χ0n) is 24.3. The number of carbonyl (C=O) groups excluding carboxylic acids is 1. The summed E-state index contributed by atoms with van der Waals surface area (Å²) in [6.07, 6.45) is 31.4. The number of rotatable bonds is 25. The van der Waals surface area contributed by atoms with Crippen LogP contribution in [0.25, 0.3) is 0 Å². The van der Waals surface area contributed by atoms with Gasteiger partial charge in [-0.15, -0.1) is 0 Å². The van der Waals surface area contributed by atoms with Crippen molar-refractivity contribution in [2.45, 2.75) is 129 Å². The largest absolute Gasteiger partial charge is 0.469 e. The second kappa shape index (κ2) is 25.8. The van der Waals surface area contributed by atoms with Crippen LogP contribution in [0.3, 0.4) is 0 Å². The third-order valence-electron chi connectivity index (χ3n) is 7.01. The fourth-order valence-corrected chi connectivity index (χ4v) is 4.67. The Morgan fingerprint density at radius 3 is 1.84 bits per heavy atom. The molecule has 0 aliphatic carbocycles. The molecule has 0 N–H and O–H groups in total. The van der Waals surface area contributed by atoms with Crippen LogP contribution < -0.4 is 0 Å². The van der Waals surface area contributed by atoms with Gasteiger partial charge < -0.3 is 4.74 Å². The van der Waals surface area contributed by atoms with Gasteiger partial charge in [0.25, 0.3) is 0 Å². The molecule has 37 heavy (non-hydrogen) atoms. The number of hydrogen-bond acceptors (Lipinski definition) is 3. The monoisotopic (exact) mass is 511 g/mol. The molecule has 0 amide bonds. The minimum Gasteiger partial charge on any atom is -0.469 e. The van der Waals surface area contributed by atoms with Crippen LogP contribution in [0.5, 0.6) is 0 Å². The van der Waals surface area contributed by atoms with Gasteiger partial charge in [-0.3, -0.25) is 9.69 Å². The molecule has 0 spiro atoms. The van der Waals surface area contributed by atoms with Crippen LogP contribution in [0.1, 0.15) is 128 Å². The summed E-state index contributed by atoms with van der Waals surface area (Å²) in [5.74, 6) is -0.0817. The molecule has 0 aliphatic heterocycles. The Labute approximate surface area is 229 Å². The molecule has 0 aromatic heterocycles. The van der Waals surface area contributed by atoms with Crippen molar-refractivity contribution in [1.82, 2.24) is 4.90 Å². The lowest BCUT2D eigenvalue weighted by molar-refractivity contribution is -0.140. The summed E-state index contributed by atoms with van der Waals surface area (Å²) in [6.45, 7) is 5.69. The lowest BCUT2D eigenvalue weighted by atomic mass is 10.1. The van der Waals surface area contributed by atoms with Gasteiger partial charge in [-0.1, -0.05) is 119 Å². The third kappa shape index (κ3) is 21.9. The normalized spacial score (nSPS) is 11.8. The molecule has 210 valence electrons. The maximum Gasteiger partial charge on any atom is 0.305 e. The highest BCUT2D eigenvalue weighted by Crippen LogP contribution is 2.12. The first-order valence-electron chi connectivity index (χ1n) is 15.4. The van der Waals surface area contributed by atoms with Crippen molar-refractivity contribution >= 4 is 5.97 Å². The number of esters is 1. The second-order valence-corrected chi connectivity index (χ2v) is 10.4. The lowest BCUT2D eigenvalue weighted by Crippen LogP contribution is -2.25. The maximum atomic E-state index is 11.2. The smallest absolute Gasteiger partial charge is 0.305 e. The minimum absolute atomic E-state index is 0.0817. The summed E-state index contributed by atoms with van der Waals surface area (Å²) in [4.78, 5) is 13.9. The fourth-order valence-electron chi connectivity index (χ4n) is 4.67. The van der Waals surface area contributed by atoms with Gasteiger partial charge in [-0.25, -0.2) is 0 Å². The van der Waals surface area contributed by atoms with E-state index in [9.17, 15) is 4.79 Å². The number of methoxy groups -OCH3 is 1. The molecular weight excluding hydrogens is 454 g/mol. The Morgan fingerprint density at radius 1 is 0.703 bits per heavy atom. The molecule has 0 saturated heterocycles. The highest BCUT2D eigenvalue weighted by molar-refractivity contribution is 5.68. The van der Waals surface area contributed by atoms with Gasteiger partial charge >= 0.3 is 5.97 Å². The van der Waals surface area contributed by atoms with Crippen molar-refractivity contribution in [3.63, 3.8) is 0 Å². The standard InChI is InChI=1S/C34H57NO2/c1-3-4-5-6-7-8-9-10-11-12-13-14-15-16-19-25-30-35(32-33-27-22-21-23-28-33)31-26-20-17-18-24-29-34(36)37-2/h8-9,11-12,21-23,27-28H,3-7,10,13-20,24-26,29-32H2,1-2H3. The molecule has 3 heteroatoms. The Hall–Kier alpha value is -1.87. The van der Waals surface area contributed by atoms with Crippen LogP contribution in [-0.2, 0) is 16.1 Å². The predicted octanol–water partition coefficient (Wildman–Crippen LogP) is 9.82. The molecule has 0 saturated carbocycles. The van der Waals surface area contributed by atoms with E-state index in [-0.39, 0.29) is 5.97 Å². The number of allylic oxidation sites excluding steroid dienone is 4. The topological polar surface area (TPSA) is 29.5 Å². The molecule has 0 aliphatic rings. The van der Waals surface area contributed by atoms with Crippen molar-refractivity contribution in [2.75, 3.05) is 20.2 Å². The van der Waals surface area contributed by atoms with Gasteiger partial charge in [-0.2, -0.15) is 0 Å². The summed E-state index contributed by atoms with van der Waals surface area (Å²) < 4.78 is 4.72. The number of unbranched alkanes of at least 4 members (excludes halogenated alkanes) is 13. The van der Waals surface area contributed by atoms with Crippen molar-refractivity contribution in [3.8, 4) is 0 Å². The van der Waals surface area contributed by atoms with Crippen LogP contribution >= 0.6 is 0 Å². The summed E-state index contributed by atoms with van der Waals surface area (Å²) >= 11 is 0. The Morgan fingerprint density at radius 2 is 1.24 bits per heavy atom. The third-order valence-corrected chi connectivity index (χ3v) is 7.01. The molecule has 0 heterocycles. The predicted molar refractivity (Wildman–Crippen MR) is 161 cm³/mol. The molecule has 0 unspecified atom stereocenters. The Balaban J connectivity index is 2.10. The van der Waals surface area contributed by atoms with E-state index in [0.29, 0.717) is 6.42 Å². The first kappa shape index (κ1) is 33.2. The average Bonchev–Trinajstić information content (AvgIpc) is 2.92. The number of nitrogens with zero attached hydrogens (tertiary/aromatic N) is 1. The van der Waals surface area contributed by atoms with Crippen LogP contribution in [0, 0.1) is 0 Å². The quantitative estimate of drug-likeness (QED) is 0.0743. The first-order chi connectivity index (χ1) is 18.3. The summed E-state index contributed by atoms with van der Waals surface area (Å²) in [5.41, 5.74) is 1.42. The summed E-state index contributed by atoms with van der Waals surface area (Å²) in [7, 11) is 1.47. The Bertz CT molecular complexity index is 682. The fraction of sp³-hybridized carbons (Fsp3) is 0.676. The van der Waals surface area contributed by atoms with Crippen molar-refractivity contribution in [2.24, 2.45) is 0 Å². The van der Waals surface area contributed by atoms with Crippen LogP contribution in [-0.4, -0.2) is 31.1 Å². The molecule has 0 bridgehead atoms. The van der Waals surface area contributed by atoms with Gasteiger partial charge in [0, 0.05) is 13.0 Å². The molecule has 3 nitrogen and oxygen atoms in total. The number of hydrogen-bond donors (Lipinski definition) is 0. The van der Waals surface area contributed by atoms with E-state index in [1.54, 1.807) is 0 Å². The van der Waals surface area contributed by atoms with E-state index in [4.69, 9.17) is 4.74 Å². The molecular formula is C34H57NO2. The minimum atomic E-state index is -0.0817. The van der Waals surface area contributed by atoms with E-state index in [1.807, 2.05) is 0 Å². The zero-order chi connectivity index (χ0) is 26.7. The van der Waals surface area contributed by atoms with E-state index in [1.165, 1.54) is 116 Å². The van der Waals surface area contributed by atoms with Gasteiger partial charge in [0.15, 0.2) is 0 Å². The second-order valence-electron chi connectivity index (χ2n) is 10.4. The molecule has 0 atom stereocenters. The van der Waals surface area contributed by atoms with E-state index >= 15 is 0 Å². The number of benzene rings is 1. The SMILES string of the molecule is CCCCCCC=CCC=CCCCCCCCN(CCCCCCCC(=O)OC)Cc1ccccc1. The molecule has 0 radical (unpaired) electrons. The van der Waals surface area contributed by atoms with Crippen molar-refractivity contribution < 1.29 is 9.53 Å².